The van der Waals surface area contributed by atoms with Crippen molar-refractivity contribution in [1.82, 2.24) is 0 Å². The van der Waals surface area contributed by atoms with E-state index in [9.17, 15) is 4.79 Å². The molecular formula is C14H16O4. The molecular weight excluding hydrogens is 232 g/mol. The van der Waals surface area contributed by atoms with Crippen molar-refractivity contribution >= 4 is 12.0 Å². The van der Waals surface area contributed by atoms with Gasteiger partial charge in [-0.15, -0.1) is 0 Å². The molecule has 1 aliphatic heterocycles. The maximum Gasteiger partial charge on any atom is 0.328 e. The van der Waals surface area contributed by atoms with E-state index in [1.54, 1.807) is 0 Å². The molecule has 1 aromatic carbocycles. The average Bonchev–Trinajstić information content (AvgIpc) is 2.88. The molecule has 0 aromatic heterocycles. The van der Waals surface area contributed by atoms with Crippen LogP contribution >= 0.6 is 0 Å². The highest BCUT2D eigenvalue weighted by Crippen LogP contribution is 2.21. The molecule has 0 saturated carbocycles. The molecule has 0 aliphatic carbocycles. The normalized spacial score (nSPS) is 19.2. The first kappa shape index (κ1) is 12.6. The van der Waals surface area contributed by atoms with Crippen molar-refractivity contribution in [2.24, 2.45) is 0 Å². The summed E-state index contributed by atoms with van der Waals surface area (Å²) in [7, 11) is 0. The summed E-state index contributed by atoms with van der Waals surface area (Å²) in [6.07, 6.45) is 4.89. The van der Waals surface area contributed by atoms with Gasteiger partial charge in [0, 0.05) is 18.2 Å². The van der Waals surface area contributed by atoms with Crippen LogP contribution in [-0.2, 0) is 9.53 Å². The van der Waals surface area contributed by atoms with Crippen LogP contribution in [-0.4, -0.2) is 30.4 Å². The molecule has 0 spiro atoms. The Labute approximate surface area is 106 Å². The van der Waals surface area contributed by atoms with Gasteiger partial charge in [-0.2, -0.15) is 0 Å². The van der Waals surface area contributed by atoms with E-state index in [2.05, 4.69) is 0 Å². The summed E-state index contributed by atoms with van der Waals surface area (Å²) in [6, 6.07) is 7.37. The fourth-order valence-corrected chi connectivity index (χ4v) is 1.87. The average molecular weight is 248 g/mol. The number of carboxylic acids is 1. The molecule has 1 aromatic rings. The lowest BCUT2D eigenvalue weighted by atomic mass is 10.2. The fraction of sp³-hybridized carbons (Fsp3) is 0.357. The van der Waals surface area contributed by atoms with E-state index in [-0.39, 0.29) is 6.10 Å². The summed E-state index contributed by atoms with van der Waals surface area (Å²) in [6.45, 7) is 1.31. The molecule has 0 bridgehead atoms. The van der Waals surface area contributed by atoms with Crippen LogP contribution in [0.5, 0.6) is 5.75 Å². The molecule has 1 saturated heterocycles. The molecule has 1 heterocycles. The van der Waals surface area contributed by atoms with Crippen LogP contribution < -0.4 is 4.74 Å². The molecule has 0 amide bonds. The van der Waals surface area contributed by atoms with E-state index >= 15 is 0 Å². The Morgan fingerprint density at radius 2 is 2.33 bits per heavy atom. The molecule has 4 heteroatoms. The van der Waals surface area contributed by atoms with E-state index < -0.39 is 5.97 Å². The van der Waals surface area contributed by atoms with Crippen LogP contribution in [0.25, 0.3) is 6.08 Å². The van der Waals surface area contributed by atoms with Crippen LogP contribution in [0.15, 0.2) is 30.3 Å². The summed E-state index contributed by atoms with van der Waals surface area (Å²) in [5.41, 5.74) is 0.762. The summed E-state index contributed by atoms with van der Waals surface area (Å²) in [5, 5.41) is 8.62. The Kier molecular flexibility index (Phi) is 4.36. The number of hydrogen-bond donors (Lipinski definition) is 1. The molecule has 1 aliphatic rings. The molecule has 4 nitrogen and oxygen atoms in total. The first-order valence-electron chi connectivity index (χ1n) is 6.00. The highest BCUT2D eigenvalue weighted by molar-refractivity contribution is 5.85. The Hall–Kier alpha value is -1.81. The van der Waals surface area contributed by atoms with Crippen LogP contribution in [0.2, 0.25) is 0 Å². The third-order valence-electron chi connectivity index (χ3n) is 2.77. The molecule has 96 valence electrons. The zero-order valence-corrected chi connectivity index (χ0v) is 10.0. The van der Waals surface area contributed by atoms with Crippen molar-refractivity contribution in [3.8, 4) is 5.75 Å². The second-order valence-electron chi connectivity index (χ2n) is 4.16. The molecule has 2 rings (SSSR count). The van der Waals surface area contributed by atoms with E-state index in [0.717, 1.165) is 31.1 Å². The van der Waals surface area contributed by atoms with E-state index in [1.807, 2.05) is 24.3 Å². The number of para-hydroxylation sites is 1. The lowest BCUT2D eigenvalue weighted by molar-refractivity contribution is -0.131. The largest absolute Gasteiger partial charge is 0.490 e. The highest BCUT2D eigenvalue weighted by Gasteiger charge is 2.16. The van der Waals surface area contributed by atoms with E-state index in [1.165, 1.54) is 6.08 Å². The maximum absolute atomic E-state index is 10.5. The Bertz CT molecular complexity index is 433. The summed E-state index contributed by atoms with van der Waals surface area (Å²) in [5.74, 6) is -0.283. The molecule has 1 atom stereocenters. The van der Waals surface area contributed by atoms with Crippen molar-refractivity contribution in [3.63, 3.8) is 0 Å². The quantitative estimate of drug-likeness (QED) is 0.813. The minimum Gasteiger partial charge on any atom is -0.490 e. The number of ether oxygens (including phenoxy) is 2. The first-order chi connectivity index (χ1) is 8.75. The molecule has 1 fully saturated rings. The van der Waals surface area contributed by atoms with Gasteiger partial charge in [-0.05, 0) is 25.0 Å². The zero-order chi connectivity index (χ0) is 12.8. The smallest absolute Gasteiger partial charge is 0.328 e. The molecule has 1 unspecified atom stereocenters. The molecule has 0 radical (unpaired) electrons. The summed E-state index contributed by atoms with van der Waals surface area (Å²) < 4.78 is 11.2. The van der Waals surface area contributed by atoms with E-state index in [0.29, 0.717) is 12.4 Å². The van der Waals surface area contributed by atoms with Gasteiger partial charge in [0.25, 0.3) is 0 Å². The second kappa shape index (κ2) is 6.21. The van der Waals surface area contributed by atoms with Gasteiger partial charge in [-0.25, -0.2) is 4.79 Å². The Morgan fingerprint density at radius 1 is 1.50 bits per heavy atom. The minimum atomic E-state index is -0.969. The van der Waals surface area contributed by atoms with Crippen molar-refractivity contribution in [2.45, 2.75) is 18.9 Å². The van der Waals surface area contributed by atoms with Gasteiger partial charge in [0.1, 0.15) is 12.4 Å². The number of hydrogen-bond acceptors (Lipinski definition) is 3. The summed E-state index contributed by atoms with van der Waals surface area (Å²) >= 11 is 0. The van der Waals surface area contributed by atoms with Gasteiger partial charge >= 0.3 is 5.97 Å². The number of carboxylic acid groups (broad SMARTS) is 1. The molecule has 1 N–H and O–H groups in total. The summed E-state index contributed by atoms with van der Waals surface area (Å²) in [4.78, 5) is 10.5. The molecule has 18 heavy (non-hydrogen) atoms. The van der Waals surface area contributed by atoms with Gasteiger partial charge in [0.05, 0.1) is 6.10 Å². The standard InChI is InChI=1S/C14H16O4/c15-14(16)8-7-11-4-1-2-6-13(11)18-10-12-5-3-9-17-12/h1-2,4,6-8,12H,3,5,9-10H2,(H,15,16)/b8-7+. The second-order valence-corrected chi connectivity index (χ2v) is 4.16. The van der Waals surface area contributed by atoms with Crippen molar-refractivity contribution in [1.29, 1.82) is 0 Å². The van der Waals surface area contributed by atoms with E-state index in [4.69, 9.17) is 14.6 Å². The van der Waals surface area contributed by atoms with Gasteiger partial charge in [0.15, 0.2) is 0 Å². The van der Waals surface area contributed by atoms with Crippen LogP contribution in [0.1, 0.15) is 18.4 Å². The predicted molar refractivity (Wildman–Crippen MR) is 67.6 cm³/mol. The highest BCUT2D eigenvalue weighted by atomic mass is 16.5. The van der Waals surface area contributed by atoms with Crippen molar-refractivity contribution < 1.29 is 19.4 Å². The third kappa shape index (κ3) is 3.60. The number of benzene rings is 1. The number of aliphatic carboxylic acids is 1. The lowest BCUT2D eigenvalue weighted by Crippen LogP contribution is -2.16. The first-order valence-corrected chi connectivity index (χ1v) is 6.00. The van der Waals surface area contributed by atoms with Gasteiger partial charge in [0.2, 0.25) is 0 Å². The van der Waals surface area contributed by atoms with Crippen LogP contribution in [0.4, 0.5) is 0 Å². The van der Waals surface area contributed by atoms with Crippen LogP contribution in [0.3, 0.4) is 0 Å². The Morgan fingerprint density at radius 3 is 3.06 bits per heavy atom. The van der Waals surface area contributed by atoms with Gasteiger partial charge < -0.3 is 14.6 Å². The monoisotopic (exact) mass is 248 g/mol. The maximum atomic E-state index is 10.5. The fourth-order valence-electron chi connectivity index (χ4n) is 1.87. The van der Waals surface area contributed by atoms with Crippen molar-refractivity contribution in [3.05, 3.63) is 35.9 Å². The zero-order valence-electron chi connectivity index (χ0n) is 10.0. The third-order valence-corrected chi connectivity index (χ3v) is 2.77. The van der Waals surface area contributed by atoms with Crippen LogP contribution in [0, 0.1) is 0 Å². The number of carbonyl (C=O) groups is 1. The van der Waals surface area contributed by atoms with Gasteiger partial charge in [-0.1, -0.05) is 18.2 Å². The minimum absolute atomic E-state index is 0.154. The predicted octanol–water partition coefficient (Wildman–Crippen LogP) is 2.34. The van der Waals surface area contributed by atoms with Gasteiger partial charge in [-0.3, -0.25) is 0 Å². The topological polar surface area (TPSA) is 55.8 Å². The van der Waals surface area contributed by atoms with Crippen molar-refractivity contribution in [2.75, 3.05) is 13.2 Å². The number of rotatable bonds is 5. The Balaban J connectivity index is 2.00. The lowest BCUT2D eigenvalue weighted by Gasteiger charge is -2.13. The SMILES string of the molecule is O=C(O)/C=C/c1ccccc1OCC1CCCO1.